The average Bonchev–Trinajstić information content (AvgIpc) is 3.33. The second-order valence-electron chi connectivity index (χ2n) is 8.56. The molecule has 194 valence electrons. The van der Waals surface area contributed by atoms with E-state index < -0.39 is 36.0 Å². The molecule has 1 aromatic rings. The summed E-state index contributed by atoms with van der Waals surface area (Å²) >= 11 is 1.09. The van der Waals surface area contributed by atoms with Crippen LogP contribution < -0.4 is 34.7 Å². The predicted molar refractivity (Wildman–Crippen MR) is 122 cm³/mol. The summed E-state index contributed by atoms with van der Waals surface area (Å²) in [7, 11) is 1.44. The standard InChI is InChI=1S/C24H32O10S.Na/c1-6-23(4)21(16-7-9-18(10-8-16)35-34-28-5)22(31-15(2)3)24(33-23)30-14-17(32-24)13-29-20(27)12-11-19(25)26;/h7-10,15,17H,6,11-14H2,1-5H3,(H,25,26);/q;+1/p-1/t17?,23-,24?;/m0./s1. The molecule has 12 heteroatoms. The number of hydrogen-bond donors (Lipinski definition) is 0. The van der Waals surface area contributed by atoms with E-state index in [0.29, 0.717) is 12.2 Å². The maximum Gasteiger partial charge on any atom is 1.00 e. The first-order valence-corrected chi connectivity index (χ1v) is 12.1. The molecular weight excluding hydrogens is 503 g/mol. The van der Waals surface area contributed by atoms with E-state index in [2.05, 4.69) is 4.89 Å². The maximum atomic E-state index is 11.8. The molecule has 0 saturated carbocycles. The Morgan fingerprint density at radius 3 is 2.50 bits per heavy atom. The third-order valence-electron chi connectivity index (χ3n) is 5.51. The molecule has 0 radical (unpaired) electrons. The molecule has 1 fully saturated rings. The summed E-state index contributed by atoms with van der Waals surface area (Å²) in [4.78, 5) is 27.9. The summed E-state index contributed by atoms with van der Waals surface area (Å²) in [5, 5.41) is 10.5. The fourth-order valence-corrected chi connectivity index (χ4v) is 4.19. The summed E-state index contributed by atoms with van der Waals surface area (Å²) in [6.07, 6.45) is -0.901. The Morgan fingerprint density at radius 2 is 1.92 bits per heavy atom. The summed E-state index contributed by atoms with van der Waals surface area (Å²) in [6.45, 7) is 7.71. The van der Waals surface area contributed by atoms with Crippen LogP contribution in [0.15, 0.2) is 34.9 Å². The number of aliphatic carboxylic acids is 1. The molecule has 0 N–H and O–H groups in total. The smallest absolute Gasteiger partial charge is 0.550 e. The third kappa shape index (κ3) is 7.46. The van der Waals surface area contributed by atoms with Gasteiger partial charge in [0.25, 0.3) is 0 Å². The van der Waals surface area contributed by atoms with Crippen molar-refractivity contribution in [3.05, 3.63) is 35.6 Å². The van der Waals surface area contributed by atoms with Gasteiger partial charge in [-0.1, -0.05) is 19.1 Å². The minimum absolute atomic E-state index is 0. The summed E-state index contributed by atoms with van der Waals surface area (Å²) in [5.41, 5.74) is 0.875. The summed E-state index contributed by atoms with van der Waals surface area (Å²) < 4.78 is 34.9. The average molecular weight is 535 g/mol. The second kappa shape index (κ2) is 13.6. The van der Waals surface area contributed by atoms with Crippen LogP contribution in [-0.4, -0.2) is 56.0 Å². The Hall–Kier alpha value is -1.15. The number of carboxylic acid groups (broad SMARTS) is 1. The molecule has 0 aromatic heterocycles. The molecule has 2 heterocycles. The van der Waals surface area contributed by atoms with Crippen molar-refractivity contribution < 1.29 is 77.2 Å². The fraction of sp³-hybridized carbons (Fsp3) is 0.583. The predicted octanol–water partition coefficient (Wildman–Crippen LogP) is -0.247. The Kier molecular flexibility index (Phi) is 11.7. The van der Waals surface area contributed by atoms with Crippen molar-refractivity contribution in [1.29, 1.82) is 0 Å². The van der Waals surface area contributed by atoms with Crippen LogP contribution in [0.1, 0.15) is 52.5 Å². The van der Waals surface area contributed by atoms with Gasteiger partial charge < -0.3 is 33.6 Å². The van der Waals surface area contributed by atoms with E-state index in [-0.39, 0.29) is 55.3 Å². The van der Waals surface area contributed by atoms with Crippen molar-refractivity contribution in [2.75, 3.05) is 20.3 Å². The molecule has 0 bridgehead atoms. The van der Waals surface area contributed by atoms with Crippen LogP contribution in [0, 0.1) is 0 Å². The van der Waals surface area contributed by atoms with E-state index in [0.717, 1.165) is 28.1 Å². The minimum Gasteiger partial charge on any atom is -0.550 e. The normalized spacial score (nSPS) is 25.3. The van der Waals surface area contributed by atoms with Crippen LogP contribution in [-0.2, 0) is 42.5 Å². The molecule has 0 amide bonds. The Morgan fingerprint density at radius 1 is 1.22 bits per heavy atom. The van der Waals surface area contributed by atoms with Gasteiger partial charge in [-0.15, -0.1) is 0 Å². The Bertz CT molecular complexity index is 937. The molecule has 3 atom stereocenters. The second-order valence-corrected chi connectivity index (χ2v) is 9.34. The maximum absolute atomic E-state index is 11.8. The number of esters is 1. The molecule has 2 aliphatic rings. The van der Waals surface area contributed by atoms with E-state index in [4.69, 9.17) is 28.0 Å². The fourth-order valence-electron chi connectivity index (χ4n) is 3.80. The van der Waals surface area contributed by atoms with Crippen LogP contribution in [0.2, 0.25) is 0 Å². The first-order valence-electron chi connectivity index (χ1n) is 11.4. The van der Waals surface area contributed by atoms with Crippen LogP contribution in [0.4, 0.5) is 0 Å². The molecule has 36 heavy (non-hydrogen) atoms. The van der Waals surface area contributed by atoms with Gasteiger partial charge in [0.05, 0.1) is 38.3 Å². The van der Waals surface area contributed by atoms with Crippen molar-refractivity contribution >= 4 is 29.6 Å². The van der Waals surface area contributed by atoms with Gasteiger partial charge in [0.2, 0.25) is 0 Å². The Labute approximate surface area is 237 Å². The quantitative estimate of drug-likeness (QED) is 0.116. The van der Waals surface area contributed by atoms with Crippen LogP contribution in [0.5, 0.6) is 0 Å². The number of rotatable bonds is 12. The van der Waals surface area contributed by atoms with E-state index in [1.807, 2.05) is 52.0 Å². The van der Waals surface area contributed by atoms with E-state index in [1.54, 1.807) is 0 Å². The number of benzene rings is 1. The van der Waals surface area contributed by atoms with Gasteiger partial charge in [-0.25, -0.2) is 4.89 Å². The van der Waals surface area contributed by atoms with Gasteiger partial charge in [0.1, 0.15) is 18.3 Å². The van der Waals surface area contributed by atoms with Gasteiger partial charge in [0, 0.05) is 16.4 Å². The zero-order valence-corrected chi connectivity index (χ0v) is 24.3. The van der Waals surface area contributed by atoms with Crippen molar-refractivity contribution in [1.82, 2.24) is 0 Å². The van der Waals surface area contributed by atoms with Gasteiger partial charge in [-0.05, 0) is 51.3 Å². The molecule has 10 nitrogen and oxygen atoms in total. The topological polar surface area (TPSA) is 122 Å². The summed E-state index contributed by atoms with van der Waals surface area (Å²) in [6, 6.07) is 7.65. The molecule has 2 unspecified atom stereocenters. The monoisotopic (exact) mass is 534 g/mol. The zero-order chi connectivity index (χ0) is 25.6. The van der Waals surface area contributed by atoms with Crippen LogP contribution >= 0.6 is 12.0 Å². The molecular formula is C24H31NaO10S. The van der Waals surface area contributed by atoms with Gasteiger partial charge in [0.15, 0.2) is 5.76 Å². The summed E-state index contributed by atoms with van der Waals surface area (Å²) in [5.74, 6) is -3.16. The van der Waals surface area contributed by atoms with Crippen molar-refractivity contribution in [3.63, 3.8) is 0 Å². The van der Waals surface area contributed by atoms with Crippen LogP contribution in [0.3, 0.4) is 0 Å². The van der Waals surface area contributed by atoms with E-state index in [9.17, 15) is 14.7 Å². The third-order valence-corrected chi connectivity index (χ3v) is 6.18. The molecule has 1 aromatic carbocycles. The first-order chi connectivity index (χ1) is 16.6. The number of carboxylic acids is 1. The number of carbonyl (C=O) groups excluding carboxylic acids is 2. The van der Waals surface area contributed by atoms with Crippen molar-refractivity contribution in [2.45, 2.75) is 75.6 Å². The first kappa shape index (κ1) is 31.1. The van der Waals surface area contributed by atoms with E-state index in [1.165, 1.54) is 7.11 Å². The molecule has 0 aliphatic carbocycles. The van der Waals surface area contributed by atoms with Crippen molar-refractivity contribution in [2.24, 2.45) is 0 Å². The largest absolute Gasteiger partial charge is 1.00 e. The minimum atomic E-state index is -1.60. The number of ether oxygens (including phenoxy) is 5. The van der Waals surface area contributed by atoms with Gasteiger partial charge in [-0.3, -0.25) is 4.79 Å². The molecule has 2 aliphatic heterocycles. The zero-order valence-electron chi connectivity index (χ0n) is 21.5. The van der Waals surface area contributed by atoms with Gasteiger partial charge in [-0.2, -0.15) is 4.33 Å². The Balaban J connectivity index is 0.00000456. The molecule has 1 saturated heterocycles. The van der Waals surface area contributed by atoms with Crippen LogP contribution in [0.25, 0.3) is 5.57 Å². The van der Waals surface area contributed by atoms with Crippen molar-refractivity contribution in [3.8, 4) is 0 Å². The molecule has 1 spiro atoms. The number of carbonyl (C=O) groups is 2. The molecule has 3 rings (SSSR count). The SMILES string of the molecule is CC[C@]1(C)OC2(OCC(COC(=O)CCC(=O)[O-])O2)C(OC(C)C)=C1c1ccc(SOOC)cc1.[Na+]. The van der Waals surface area contributed by atoms with Gasteiger partial charge >= 0.3 is 41.5 Å². The number of hydrogen-bond acceptors (Lipinski definition) is 11. The van der Waals surface area contributed by atoms with E-state index >= 15 is 0 Å².